The monoisotopic (exact) mass is 168 g/mol. The Kier molecular flexibility index (Phi) is 2.37. The summed E-state index contributed by atoms with van der Waals surface area (Å²) in [5.41, 5.74) is 0.704. The fourth-order valence-corrected chi connectivity index (χ4v) is 2.82. The van der Waals surface area contributed by atoms with Gasteiger partial charge in [0.15, 0.2) is 0 Å². The van der Waals surface area contributed by atoms with E-state index in [0.29, 0.717) is 5.41 Å². The van der Waals surface area contributed by atoms with E-state index in [1.165, 1.54) is 45.3 Å². The molecule has 0 amide bonds. The summed E-state index contributed by atoms with van der Waals surface area (Å²) >= 11 is 0. The zero-order valence-electron chi connectivity index (χ0n) is 8.03. The fourth-order valence-electron chi connectivity index (χ4n) is 2.82. The standard InChI is InChI=1S/C10H20N2/c1-9-8-10(4-7-12-9)2-5-11-6-3-10/h9,11-12H,2-8H2,1H3/t9-/m1/s1. The van der Waals surface area contributed by atoms with Gasteiger partial charge in [0, 0.05) is 6.04 Å². The minimum atomic E-state index is 0.704. The van der Waals surface area contributed by atoms with Gasteiger partial charge in [0.25, 0.3) is 0 Å². The van der Waals surface area contributed by atoms with E-state index in [-0.39, 0.29) is 0 Å². The van der Waals surface area contributed by atoms with Gasteiger partial charge in [-0.2, -0.15) is 0 Å². The van der Waals surface area contributed by atoms with Gasteiger partial charge in [-0.25, -0.2) is 0 Å². The number of rotatable bonds is 0. The summed E-state index contributed by atoms with van der Waals surface area (Å²) in [6, 6.07) is 0.747. The molecule has 2 aliphatic rings. The third-order valence-corrected chi connectivity index (χ3v) is 3.55. The normalized spacial score (nSPS) is 35.2. The molecule has 0 aromatic carbocycles. The summed E-state index contributed by atoms with van der Waals surface area (Å²) in [4.78, 5) is 0. The first kappa shape index (κ1) is 8.52. The van der Waals surface area contributed by atoms with Crippen molar-refractivity contribution < 1.29 is 0 Å². The van der Waals surface area contributed by atoms with Crippen LogP contribution in [-0.2, 0) is 0 Å². The van der Waals surface area contributed by atoms with Gasteiger partial charge >= 0.3 is 0 Å². The van der Waals surface area contributed by atoms with Crippen LogP contribution in [0.25, 0.3) is 0 Å². The maximum atomic E-state index is 3.53. The Bertz CT molecular complexity index is 144. The van der Waals surface area contributed by atoms with Crippen LogP contribution < -0.4 is 10.6 Å². The lowest BCUT2D eigenvalue weighted by atomic mass is 9.70. The van der Waals surface area contributed by atoms with E-state index in [2.05, 4.69) is 17.6 Å². The quantitative estimate of drug-likeness (QED) is 0.566. The molecule has 2 N–H and O–H groups in total. The zero-order chi connectivity index (χ0) is 8.44. The van der Waals surface area contributed by atoms with Crippen molar-refractivity contribution in [3.63, 3.8) is 0 Å². The van der Waals surface area contributed by atoms with Gasteiger partial charge in [0.1, 0.15) is 0 Å². The van der Waals surface area contributed by atoms with Crippen LogP contribution in [0.1, 0.15) is 32.6 Å². The largest absolute Gasteiger partial charge is 0.317 e. The lowest BCUT2D eigenvalue weighted by Gasteiger charge is -2.43. The van der Waals surface area contributed by atoms with Gasteiger partial charge in [-0.1, -0.05) is 0 Å². The number of hydrogen-bond acceptors (Lipinski definition) is 2. The minimum Gasteiger partial charge on any atom is -0.317 e. The van der Waals surface area contributed by atoms with Gasteiger partial charge in [0.2, 0.25) is 0 Å². The number of hydrogen-bond donors (Lipinski definition) is 2. The molecule has 1 atom stereocenters. The van der Waals surface area contributed by atoms with Crippen LogP contribution in [-0.4, -0.2) is 25.7 Å². The predicted octanol–water partition coefficient (Wildman–Crippen LogP) is 1.13. The van der Waals surface area contributed by atoms with Gasteiger partial charge in [-0.15, -0.1) is 0 Å². The molecule has 0 aromatic rings. The number of nitrogens with one attached hydrogen (secondary N) is 2. The first-order valence-corrected chi connectivity index (χ1v) is 5.25. The van der Waals surface area contributed by atoms with E-state index in [1.54, 1.807) is 0 Å². The molecule has 0 unspecified atom stereocenters. The van der Waals surface area contributed by atoms with E-state index < -0.39 is 0 Å². The molecular weight excluding hydrogens is 148 g/mol. The van der Waals surface area contributed by atoms with Crippen LogP contribution in [0.5, 0.6) is 0 Å². The molecule has 0 aromatic heterocycles. The van der Waals surface area contributed by atoms with E-state index in [0.717, 1.165) is 6.04 Å². The summed E-state index contributed by atoms with van der Waals surface area (Å²) in [6.45, 7) is 6.05. The van der Waals surface area contributed by atoms with Crippen LogP contribution >= 0.6 is 0 Å². The third-order valence-electron chi connectivity index (χ3n) is 3.55. The molecule has 1 spiro atoms. The Hall–Kier alpha value is -0.0800. The Morgan fingerprint density at radius 1 is 1.08 bits per heavy atom. The van der Waals surface area contributed by atoms with Crippen LogP contribution in [0, 0.1) is 5.41 Å². The second kappa shape index (κ2) is 3.35. The summed E-state index contributed by atoms with van der Waals surface area (Å²) in [5, 5.41) is 6.98. The minimum absolute atomic E-state index is 0.704. The highest BCUT2D eigenvalue weighted by Gasteiger charge is 2.35. The summed E-state index contributed by atoms with van der Waals surface area (Å²) < 4.78 is 0. The van der Waals surface area contributed by atoms with Crippen LogP contribution in [0.15, 0.2) is 0 Å². The molecule has 0 bridgehead atoms. The maximum absolute atomic E-state index is 3.53. The molecule has 2 saturated heterocycles. The summed E-state index contributed by atoms with van der Waals surface area (Å²) in [7, 11) is 0. The van der Waals surface area contributed by atoms with Crippen molar-refractivity contribution in [1.82, 2.24) is 10.6 Å². The molecule has 2 heterocycles. The first-order chi connectivity index (χ1) is 5.81. The molecule has 0 radical (unpaired) electrons. The predicted molar refractivity (Wildman–Crippen MR) is 51.2 cm³/mol. The smallest absolute Gasteiger partial charge is 0.00440 e. The van der Waals surface area contributed by atoms with Crippen LogP contribution in [0.3, 0.4) is 0 Å². The summed E-state index contributed by atoms with van der Waals surface area (Å²) in [6.07, 6.45) is 5.60. The van der Waals surface area contributed by atoms with E-state index >= 15 is 0 Å². The van der Waals surface area contributed by atoms with Crippen molar-refractivity contribution in [3.8, 4) is 0 Å². The lowest BCUT2D eigenvalue weighted by Crippen LogP contribution is -2.47. The molecule has 12 heavy (non-hydrogen) atoms. The van der Waals surface area contributed by atoms with Crippen molar-refractivity contribution >= 4 is 0 Å². The molecular formula is C10H20N2. The van der Waals surface area contributed by atoms with Crippen molar-refractivity contribution in [1.29, 1.82) is 0 Å². The zero-order valence-corrected chi connectivity index (χ0v) is 8.03. The third kappa shape index (κ3) is 1.64. The highest BCUT2D eigenvalue weighted by molar-refractivity contribution is 4.91. The van der Waals surface area contributed by atoms with Crippen molar-refractivity contribution in [2.75, 3.05) is 19.6 Å². The summed E-state index contributed by atoms with van der Waals surface area (Å²) in [5.74, 6) is 0. The molecule has 2 rings (SSSR count). The van der Waals surface area contributed by atoms with E-state index in [9.17, 15) is 0 Å². The average Bonchev–Trinajstić information content (AvgIpc) is 2.05. The molecule has 2 aliphatic heterocycles. The van der Waals surface area contributed by atoms with Gasteiger partial charge in [-0.3, -0.25) is 0 Å². The van der Waals surface area contributed by atoms with Gasteiger partial charge in [-0.05, 0) is 57.7 Å². The fraction of sp³-hybridized carbons (Fsp3) is 1.00. The highest BCUT2D eigenvalue weighted by Crippen LogP contribution is 2.39. The molecule has 2 heteroatoms. The Morgan fingerprint density at radius 3 is 2.42 bits per heavy atom. The Labute approximate surface area is 75.1 Å². The van der Waals surface area contributed by atoms with Gasteiger partial charge < -0.3 is 10.6 Å². The lowest BCUT2D eigenvalue weighted by molar-refractivity contribution is 0.120. The van der Waals surface area contributed by atoms with Crippen LogP contribution in [0.4, 0.5) is 0 Å². The SMILES string of the molecule is C[C@@H]1CC2(CCNCC2)CCN1. The first-order valence-electron chi connectivity index (χ1n) is 5.25. The molecule has 2 fully saturated rings. The topological polar surface area (TPSA) is 24.1 Å². The second-order valence-electron chi connectivity index (χ2n) is 4.56. The molecule has 0 saturated carbocycles. The molecule has 2 nitrogen and oxygen atoms in total. The van der Waals surface area contributed by atoms with Crippen molar-refractivity contribution in [2.45, 2.75) is 38.6 Å². The molecule has 0 aliphatic carbocycles. The Balaban J connectivity index is 1.97. The van der Waals surface area contributed by atoms with E-state index in [4.69, 9.17) is 0 Å². The number of piperidine rings is 2. The average molecular weight is 168 g/mol. The Morgan fingerprint density at radius 2 is 1.75 bits per heavy atom. The van der Waals surface area contributed by atoms with Gasteiger partial charge in [0.05, 0.1) is 0 Å². The van der Waals surface area contributed by atoms with Crippen molar-refractivity contribution in [2.24, 2.45) is 5.41 Å². The van der Waals surface area contributed by atoms with Crippen molar-refractivity contribution in [3.05, 3.63) is 0 Å². The maximum Gasteiger partial charge on any atom is 0.00440 e. The van der Waals surface area contributed by atoms with Crippen LogP contribution in [0.2, 0.25) is 0 Å². The molecule has 70 valence electrons. The second-order valence-corrected chi connectivity index (χ2v) is 4.56. The highest BCUT2D eigenvalue weighted by atomic mass is 14.9. The van der Waals surface area contributed by atoms with E-state index in [1.807, 2.05) is 0 Å².